The van der Waals surface area contributed by atoms with Crippen LogP contribution >= 0.6 is 0 Å². The number of amides is 7. The number of hydrogen-bond acceptors (Lipinski definition) is 24. The SMILES string of the molecule is CC(C)CN(C[C@@H](O)[C@H](Cc1ccccc1)NC(=O)O[C@H]1CO[C@H]2OCC[C@H]21)S(=O)(=O)c1ccc(CNC(=O)[C@@H]2CCCN2C(=O)[C@@H](N)CC(=O)O)cc1.CC(C)CN(C[C@@H](O)[C@H](Cc1ccccc1)NC(=O)O[C@H]1CO[C@H]2OCC[C@H]21)S(=O)(=O)c1ccc(CNC(=O)[C@@H]2CCCN2C(=O)[C@H](CC(=O)OC(C)(C)C)NC(=O)OC(C)(C)C)cc1. The Hall–Kier alpha value is -8.95. The summed E-state index contributed by atoms with van der Waals surface area (Å²) in [5.74, 6) is -4.43. The maximum Gasteiger partial charge on any atom is 0.408 e. The van der Waals surface area contributed by atoms with Gasteiger partial charge in [-0.25, -0.2) is 31.2 Å². The third-order valence-electron chi connectivity index (χ3n) is 20.8. The minimum Gasteiger partial charge on any atom is -0.481 e. The molecule has 0 aromatic heterocycles. The van der Waals surface area contributed by atoms with Gasteiger partial charge in [-0.3, -0.25) is 28.8 Å². The van der Waals surface area contributed by atoms with Crippen molar-refractivity contribution in [3.05, 3.63) is 131 Å². The Labute approximate surface area is 695 Å². The van der Waals surface area contributed by atoms with E-state index in [1.807, 2.05) is 88.4 Å². The number of benzene rings is 4. The highest BCUT2D eigenvalue weighted by molar-refractivity contribution is 7.89. The number of ether oxygens (including phenoxy) is 8. The van der Waals surface area contributed by atoms with Gasteiger partial charge in [0, 0.05) is 52.4 Å². The van der Waals surface area contributed by atoms with E-state index in [9.17, 15) is 70.2 Å². The summed E-state index contributed by atoms with van der Waals surface area (Å²) in [6, 6.07) is 24.3. The van der Waals surface area contributed by atoms with Crippen LogP contribution in [0.1, 0.15) is 143 Å². The van der Waals surface area contributed by atoms with E-state index >= 15 is 0 Å². The Bertz CT molecular complexity index is 4280. The van der Waals surface area contributed by atoms with Crippen molar-refractivity contribution >= 4 is 73.9 Å². The van der Waals surface area contributed by atoms with Crippen molar-refractivity contribution < 1.29 is 113 Å². The van der Waals surface area contributed by atoms with Gasteiger partial charge in [-0.05, 0) is 151 Å². The maximum atomic E-state index is 14.2. The van der Waals surface area contributed by atoms with Crippen LogP contribution in [-0.2, 0) is 113 Å². The number of carbonyl (C=O) groups is 9. The maximum absolute atomic E-state index is 14.2. The molecule has 6 aliphatic heterocycles. The fourth-order valence-corrected chi connectivity index (χ4v) is 18.3. The molecule has 0 unspecified atom stereocenters. The molecular formula is C83H118N10O24S2. The summed E-state index contributed by atoms with van der Waals surface area (Å²) < 4.78 is 103. The minimum absolute atomic E-state index is 0.00789. The number of esters is 1. The summed E-state index contributed by atoms with van der Waals surface area (Å²) in [6.07, 6.45) is -4.30. The first kappa shape index (κ1) is 93.9. The van der Waals surface area contributed by atoms with Crippen molar-refractivity contribution in [1.29, 1.82) is 0 Å². The normalized spacial score (nSPS) is 22.0. The zero-order chi connectivity index (χ0) is 86.7. The van der Waals surface area contributed by atoms with Crippen LogP contribution in [-0.4, -0.2) is 255 Å². The van der Waals surface area contributed by atoms with Crippen LogP contribution in [0.15, 0.2) is 119 Å². The molecule has 0 radical (unpaired) electrons. The van der Waals surface area contributed by atoms with Gasteiger partial charge < -0.3 is 95.3 Å². The smallest absolute Gasteiger partial charge is 0.408 e. The third kappa shape index (κ3) is 27.5. The molecule has 10 rings (SSSR count). The van der Waals surface area contributed by atoms with Gasteiger partial charge in [-0.1, -0.05) is 113 Å². The number of aliphatic carboxylic acids is 1. The number of sulfonamides is 2. The standard InChI is InChI=1S/C46H67N5O13S.C37H51N5O11S/c1-29(2)26-50(27-37(52)34(23-30-13-10-9-11-14-30)48-43(56)62-38-28-61-42-33(38)20-22-60-42)65(58,59)32-18-16-31(17-19-32)25-47-40(54)36-15-12-21-51(36)41(55)35(24-39(53)63-45(3,4)5)49-44(57)64-46(6,7)8;1-23(2)20-41(21-31(43)29(17-24-7-4-3-5-8-24)40-37(48)53-32-22-52-36-27(32)14-16-51-36)54(49,50)26-12-10-25(11-13-26)19-39-34(46)30-9-6-15-42(30)35(47)28(38)18-33(44)45/h9-11,13-14,16-19,29,33-38,42,52H,12,15,20-28H2,1-8H3,(H,47,54)(H,48,56)(H,49,57);3-5,7-8,10-13,23,27-32,36,43H,6,9,14-22,38H2,1-2H3,(H,39,46)(H,40,48)(H,44,45)/t33-,34-,35-,36-,37+,38-,42+;27-,28-,29-,30-,31+,32-,36+/m00/s1. The molecule has 6 fully saturated rings. The van der Waals surface area contributed by atoms with Crippen molar-refractivity contribution in [3.8, 4) is 0 Å². The summed E-state index contributed by atoms with van der Waals surface area (Å²) in [4.78, 5) is 119. The number of nitrogens with two attached hydrogens (primary N) is 1. The second kappa shape index (κ2) is 42.5. The first-order valence-corrected chi connectivity index (χ1v) is 43.5. The van der Waals surface area contributed by atoms with Crippen molar-refractivity contribution in [2.75, 3.05) is 65.7 Å². The summed E-state index contributed by atoms with van der Waals surface area (Å²) >= 11 is 0. The summed E-state index contributed by atoms with van der Waals surface area (Å²) in [7, 11) is -8.32. The second-order valence-corrected chi connectivity index (χ2v) is 37.6. The van der Waals surface area contributed by atoms with E-state index in [4.69, 9.17) is 48.7 Å². The van der Waals surface area contributed by atoms with E-state index in [1.165, 1.54) is 42.7 Å². The van der Waals surface area contributed by atoms with Gasteiger partial charge in [0.25, 0.3) is 0 Å². The lowest BCUT2D eigenvalue weighted by molar-refractivity contribution is -0.157. The largest absolute Gasteiger partial charge is 0.481 e. The van der Waals surface area contributed by atoms with Crippen LogP contribution < -0.4 is 32.3 Å². The Kier molecular flexibility index (Phi) is 33.6. The molecule has 34 nitrogen and oxygen atoms in total. The number of nitrogens with zero attached hydrogens (tertiary/aromatic N) is 4. The van der Waals surface area contributed by atoms with Crippen molar-refractivity contribution in [1.82, 2.24) is 45.0 Å². The van der Waals surface area contributed by atoms with Crippen LogP contribution in [0.4, 0.5) is 14.4 Å². The fourth-order valence-electron chi connectivity index (χ4n) is 15.0. The molecule has 6 heterocycles. The van der Waals surface area contributed by atoms with Crippen LogP contribution in [0.3, 0.4) is 0 Å². The number of aliphatic hydroxyl groups excluding tert-OH is 2. The van der Waals surface area contributed by atoms with Gasteiger partial charge in [-0.2, -0.15) is 8.61 Å². The molecule has 4 aromatic rings. The lowest BCUT2D eigenvalue weighted by Gasteiger charge is -2.31. The number of carbonyl (C=O) groups excluding carboxylic acids is 8. The number of rotatable bonds is 35. The highest BCUT2D eigenvalue weighted by atomic mass is 32.2. The van der Waals surface area contributed by atoms with E-state index in [-0.39, 0.29) is 112 Å². The van der Waals surface area contributed by atoms with E-state index in [1.54, 1.807) is 65.8 Å². The number of aliphatic hydroxyl groups is 2. The van der Waals surface area contributed by atoms with Gasteiger partial charge in [0.05, 0.1) is 91.2 Å². The number of fused-ring (bicyclic) bond motifs is 2. The van der Waals surface area contributed by atoms with Crippen molar-refractivity contribution in [3.63, 3.8) is 0 Å². The summed E-state index contributed by atoms with van der Waals surface area (Å²) in [6.45, 7) is 19.0. The number of carboxylic acid groups (broad SMARTS) is 1. The molecule has 656 valence electrons. The molecule has 0 spiro atoms. The number of nitrogens with one attached hydrogen (secondary N) is 5. The van der Waals surface area contributed by atoms with Crippen LogP contribution in [0.25, 0.3) is 0 Å². The molecule has 4 aromatic carbocycles. The average Bonchev–Trinajstić information content (AvgIpc) is 1.77. The first-order chi connectivity index (χ1) is 56.2. The lowest BCUT2D eigenvalue weighted by Crippen LogP contribution is -2.54. The summed E-state index contributed by atoms with van der Waals surface area (Å²) in [5.41, 5.74) is 6.86. The van der Waals surface area contributed by atoms with Crippen molar-refractivity contribution in [2.45, 2.75) is 241 Å². The molecule has 6 aliphatic rings. The predicted molar refractivity (Wildman–Crippen MR) is 431 cm³/mol. The molecular weight excluding hydrogens is 1590 g/mol. The Balaban J connectivity index is 0.000000276. The monoisotopic (exact) mass is 1700 g/mol. The topological polar surface area (TPSA) is 456 Å². The first-order valence-electron chi connectivity index (χ1n) is 40.6. The van der Waals surface area contributed by atoms with Crippen LogP contribution in [0, 0.1) is 23.7 Å². The van der Waals surface area contributed by atoms with Gasteiger partial charge >= 0.3 is 30.2 Å². The third-order valence-corrected chi connectivity index (χ3v) is 24.5. The van der Waals surface area contributed by atoms with Crippen LogP contribution in [0.5, 0.6) is 0 Å². The van der Waals surface area contributed by atoms with Crippen molar-refractivity contribution in [2.24, 2.45) is 29.4 Å². The van der Waals surface area contributed by atoms with E-state index in [0.717, 1.165) is 11.1 Å². The Morgan fingerprint density at radius 2 is 0.916 bits per heavy atom. The second-order valence-electron chi connectivity index (χ2n) is 33.7. The van der Waals surface area contributed by atoms with Gasteiger partial charge in [0.1, 0.15) is 41.5 Å². The average molecular weight is 1700 g/mol. The molecule has 7 amide bonds. The molecule has 14 atom stereocenters. The zero-order valence-electron chi connectivity index (χ0n) is 69.3. The highest BCUT2D eigenvalue weighted by Crippen LogP contribution is 2.35. The quantitative estimate of drug-likeness (QED) is 0.0210. The molecule has 119 heavy (non-hydrogen) atoms. The predicted octanol–water partition coefficient (Wildman–Crippen LogP) is 5.23. The van der Waals surface area contributed by atoms with E-state index < -0.39 is 171 Å². The number of alkyl carbamates (subject to hydrolysis) is 3. The lowest BCUT2D eigenvalue weighted by atomic mass is 10.0. The van der Waals surface area contributed by atoms with E-state index in [2.05, 4.69) is 26.6 Å². The zero-order valence-corrected chi connectivity index (χ0v) is 70.9. The Morgan fingerprint density at radius 3 is 1.30 bits per heavy atom. The minimum atomic E-state index is -4.18. The van der Waals surface area contributed by atoms with Crippen LogP contribution in [0.2, 0.25) is 0 Å². The van der Waals surface area contributed by atoms with Gasteiger partial charge in [0.15, 0.2) is 12.6 Å². The molecule has 0 aliphatic carbocycles. The Morgan fingerprint density at radius 1 is 0.513 bits per heavy atom. The van der Waals surface area contributed by atoms with Gasteiger partial charge in [0.2, 0.25) is 43.7 Å². The number of hydrogen-bond donors (Lipinski definition) is 9. The molecule has 36 heteroatoms. The number of likely N-dealkylation sites (tertiary alicyclic amines) is 2. The molecule has 6 saturated heterocycles. The molecule has 0 bridgehead atoms. The number of carboxylic acids is 1. The highest BCUT2D eigenvalue weighted by Gasteiger charge is 2.47. The fraction of sp³-hybridized carbons (Fsp3) is 0.602. The van der Waals surface area contributed by atoms with E-state index in [0.29, 0.717) is 62.9 Å². The molecule has 10 N–H and O–H groups in total. The summed E-state index contributed by atoms with van der Waals surface area (Å²) in [5, 5.41) is 45.9. The molecule has 0 saturated carbocycles. The van der Waals surface area contributed by atoms with Gasteiger partial charge in [-0.15, -0.1) is 0 Å².